The van der Waals surface area contributed by atoms with E-state index in [9.17, 15) is 18.0 Å². The van der Waals surface area contributed by atoms with E-state index in [4.69, 9.17) is 0 Å². The number of aromatic nitrogens is 3. The molecule has 146 valence electrons. The molecule has 1 amide bonds. The normalized spacial score (nSPS) is 11.4. The third-order valence-corrected chi connectivity index (χ3v) is 4.77. The summed E-state index contributed by atoms with van der Waals surface area (Å²) in [6.45, 7) is 6.41. The Kier molecular flexibility index (Phi) is 7.06. The highest BCUT2D eigenvalue weighted by Gasteiger charge is 2.32. The third-order valence-electron chi connectivity index (χ3n) is 3.82. The molecule has 5 nitrogen and oxygen atoms in total. The Morgan fingerprint density at radius 3 is 2.63 bits per heavy atom. The summed E-state index contributed by atoms with van der Waals surface area (Å²) in [5.41, 5.74) is 1.96. The van der Waals surface area contributed by atoms with Crippen molar-refractivity contribution in [3.05, 3.63) is 42.5 Å². The molecule has 0 fully saturated rings. The first-order valence-corrected chi connectivity index (χ1v) is 9.32. The fourth-order valence-electron chi connectivity index (χ4n) is 2.55. The van der Waals surface area contributed by atoms with Gasteiger partial charge in [-0.3, -0.25) is 4.79 Å². The number of benzene rings is 1. The second kappa shape index (κ2) is 9.07. The Morgan fingerprint density at radius 2 is 2.04 bits per heavy atom. The lowest BCUT2D eigenvalue weighted by Crippen LogP contribution is -2.40. The van der Waals surface area contributed by atoms with Gasteiger partial charge in [0.2, 0.25) is 5.91 Å². The average molecular weight is 398 g/mol. The summed E-state index contributed by atoms with van der Waals surface area (Å²) >= 11 is 1.08. The number of hydrogen-bond acceptors (Lipinski definition) is 4. The molecule has 0 aliphatic carbocycles. The van der Waals surface area contributed by atoms with Crippen LogP contribution in [0.15, 0.2) is 42.1 Å². The van der Waals surface area contributed by atoms with Crippen molar-refractivity contribution in [3.63, 3.8) is 0 Å². The van der Waals surface area contributed by atoms with Gasteiger partial charge in [-0.15, -0.1) is 16.8 Å². The van der Waals surface area contributed by atoms with Crippen LogP contribution in [0.2, 0.25) is 0 Å². The van der Waals surface area contributed by atoms with Crippen molar-refractivity contribution < 1.29 is 18.0 Å². The maximum atomic E-state index is 12.6. The Balaban J connectivity index is 2.15. The zero-order valence-electron chi connectivity index (χ0n) is 15.2. The Labute approximate surface area is 160 Å². The van der Waals surface area contributed by atoms with Gasteiger partial charge >= 0.3 is 6.18 Å². The number of alkyl halides is 3. The second-order valence-electron chi connectivity index (χ2n) is 5.83. The zero-order chi connectivity index (χ0) is 20.0. The van der Waals surface area contributed by atoms with Gasteiger partial charge in [0.05, 0.1) is 5.75 Å². The van der Waals surface area contributed by atoms with Crippen molar-refractivity contribution in [3.8, 4) is 11.4 Å². The van der Waals surface area contributed by atoms with Gasteiger partial charge in [-0.25, -0.2) is 0 Å². The SMILES string of the molecule is C=CCN(CC(F)(F)F)C(=O)CSc1nnc(-c2ccccc2C)n1CC. The molecule has 0 aliphatic rings. The molecule has 9 heteroatoms. The lowest BCUT2D eigenvalue weighted by Gasteiger charge is -2.22. The van der Waals surface area contributed by atoms with Crippen molar-refractivity contribution in [2.75, 3.05) is 18.8 Å². The van der Waals surface area contributed by atoms with Crippen LogP contribution in [-0.4, -0.2) is 50.6 Å². The molecule has 0 atom stereocenters. The molecule has 1 heterocycles. The van der Waals surface area contributed by atoms with Gasteiger partial charge < -0.3 is 9.47 Å². The van der Waals surface area contributed by atoms with Gasteiger partial charge in [0.1, 0.15) is 6.54 Å². The molecule has 0 aliphatic heterocycles. The van der Waals surface area contributed by atoms with E-state index in [1.54, 1.807) is 0 Å². The summed E-state index contributed by atoms with van der Waals surface area (Å²) < 4.78 is 39.8. The average Bonchev–Trinajstić information content (AvgIpc) is 3.01. The molecule has 0 radical (unpaired) electrons. The number of aryl methyl sites for hydroxylation is 1. The van der Waals surface area contributed by atoms with Crippen molar-refractivity contribution in [1.82, 2.24) is 19.7 Å². The maximum absolute atomic E-state index is 12.6. The number of amides is 1. The summed E-state index contributed by atoms with van der Waals surface area (Å²) in [5, 5.41) is 8.82. The van der Waals surface area contributed by atoms with Crippen molar-refractivity contribution in [1.29, 1.82) is 0 Å². The summed E-state index contributed by atoms with van der Waals surface area (Å²) in [6, 6.07) is 7.72. The summed E-state index contributed by atoms with van der Waals surface area (Å²) in [5.74, 6) is -0.111. The van der Waals surface area contributed by atoms with Gasteiger partial charge in [0, 0.05) is 18.7 Å². The summed E-state index contributed by atoms with van der Waals surface area (Å²) in [7, 11) is 0. The number of nitrogens with zero attached hydrogens (tertiary/aromatic N) is 4. The highest BCUT2D eigenvalue weighted by molar-refractivity contribution is 7.99. The first kappa shape index (κ1) is 21.0. The van der Waals surface area contributed by atoms with Gasteiger partial charge in [-0.2, -0.15) is 13.2 Å². The number of rotatable bonds is 8. The first-order valence-electron chi connectivity index (χ1n) is 8.34. The van der Waals surface area contributed by atoms with E-state index in [0.717, 1.165) is 27.8 Å². The largest absolute Gasteiger partial charge is 0.406 e. The van der Waals surface area contributed by atoms with E-state index in [0.29, 0.717) is 17.5 Å². The van der Waals surface area contributed by atoms with Crippen LogP contribution in [0.4, 0.5) is 13.2 Å². The minimum atomic E-state index is -4.45. The number of carbonyl (C=O) groups is 1. The molecule has 27 heavy (non-hydrogen) atoms. The van der Waals surface area contributed by atoms with E-state index in [1.807, 2.05) is 42.7 Å². The smallest absolute Gasteiger partial charge is 0.329 e. The number of carbonyl (C=O) groups excluding carboxylic acids is 1. The van der Waals surface area contributed by atoms with Crippen LogP contribution in [0, 0.1) is 6.92 Å². The number of hydrogen-bond donors (Lipinski definition) is 0. The van der Waals surface area contributed by atoms with E-state index < -0.39 is 18.6 Å². The maximum Gasteiger partial charge on any atom is 0.406 e. The highest BCUT2D eigenvalue weighted by Crippen LogP contribution is 2.26. The van der Waals surface area contributed by atoms with Crippen LogP contribution in [0.3, 0.4) is 0 Å². The first-order chi connectivity index (χ1) is 12.8. The molecule has 2 aromatic rings. The van der Waals surface area contributed by atoms with Crippen LogP contribution in [0.25, 0.3) is 11.4 Å². The minimum Gasteiger partial charge on any atom is -0.329 e. The predicted octanol–water partition coefficient (Wildman–Crippen LogP) is 3.94. The molecule has 1 aromatic carbocycles. The number of thioether (sulfide) groups is 1. The van der Waals surface area contributed by atoms with Gasteiger partial charge in [-0.1, -0.05) is 42.1 Å². The van der Waals surface area contributed by atoms with Gasteiger partial charge in [-0.05, 0) is 19.4 Å². The molecule has 0 saturated carbocycles. The third kappa shape index (κ3) is 5.59. The van der Waals surface area contributed by atoms with Crippen molar-refractivity contribution in [2.24, 2.45) is 0 Å². The molecule has 0 N–H and O–H groups in total. The predicted molar refractivity (Wildman–Crippen MR) is 99.4 cm³/mol. The molecular weight excluding hydrogens is 377 g/mol. The highest BCUT2D eigenvalue weighted by atomic mass is 32.2. The molecule has 0 unspecified atom stereocenters. The topological polar surface area (TPSA) is 51.0 Å². The fraction of sp³-hybridized carbons (Fsp3) is 0.389. The lowest BCUT2D eigenvalue weighted by molar-refractivity contribution is -0.158. The van der Waals surface area contributed by atoms with E-state index in [-0.39, 0.29) is 12.3 Å². The molecule has 2 rings (SSSR count). The van der Waals surface area contributed by atoms with Gasteiger partial charge in [0.25, 0.3) is 0 Å². The van der Waals surface area contributed by atoms with Crippen LogP contribution < -0.4 is 0 Å². The number of halogens is 3. The summed E-state index contributed by atoms with van der Waals surface area (Å²) in [6.07, 6.45) is -3.18. The standard InChI is InChI=1S/C18H21F3N4OS/c1-4-10-24(12-18(19,20)21)15(26)11-27-17-23-22-16(25(17)5-2)14-9-7-6-8-13(14)3/h4,6-9H,1,5,10-12H2,2-3H3. The molecule has 1 aromatic heterocycles. The van der Waals surface area contributed by atoms with Crippen LogP contribution in [0.1, 0.15) is 12.5 Å². The molecule has 0 bridgehead atoms. The fourth-order valence-corrected chi connectivity index (χ4v) is 3.45. The Hall–Kier alpha value is -2.29. The summed E-state index contributed by atoms with van der Waals surface area (Å²) in [4.78, 5) is 12.9. The zero-order valence-corrected chi connectivity index (χ0v) is 16.0. The molecule has 0 saturated heterocycles. The van der Waals surface area contributed by atoms with E-state index in [2.05, 4.69) is 16.8 Å². The van der Waals surface area contributed by atoms with E-state index >= 15 is 0 Å². The van der Waals surface area contributed by atoms with Crippen LogP contribution >= 0.6 is 11.8 Å². The second-order valence-corrected chi connectivity index (χ2v) is 6.77. The van der Waals surface area contributed by atoms with Crippen LogP contribution in [-0.2, 0) is 11.3 Å². The van der Waals surface area contributed by atoms with Crippen molar-refractivity contribution in [2.45, 2.75) is 31.7 Å². The van der Waals surface area contributed by atoms with Crippen molar-refractivity contribution >= 4 is 17.7 Å². The molecular formula is C18H21F3N4OS. The minimum absolute atomic E-state index is 0.157. The van der Waals surface area contributed by atoms with E-state index in [1.165, 1.54) is 6.08 Å². The Morgan fingerprint density at radius 1 is 1.33 bits per heavy atom. The Bertz CT molecular complexity index is 804. The molecule has 0 spiro atoms. The monoisotopic (exact) mass is 398 g/mol. The quantitative estimate of drug-likeness (QED) is 0.499. The van der Waals surface area contributed by atoms with Crippen LogP contribution in [0.5, 0.6) is 0 Å². The lowest BCUT2D eigenvalue weighted by atomic mass is 10.1. The van der Waals surface area contributed by atoms with Gasteiger partial charge in [0.15, 0.2) is 11.0 Å².